The van der Waals surface area contributed by atoms with Gasteiger partial charge in [-0.05, 0) is 29.7 Å². The lowest BCUT2D eigenvalue weighted by Crippen LogP contribution is -2.16. The van der Waals surface area contributed by atoms with Crippen LogP contribution in [0.3, 0.4) is 0 Å². The molecule has 1 heterocycles. The first-order valence-corrected chi connectivity index (χ1v) is 10.8. The Labute approximate surface area is 183 Å². The first-order valence-electron chi connectivity index (χ1n) is 9.78. The van der Waals surface area contributed by atoms with Crippen LogP contribution in [0.1, 0.15) is 30.8 Å². The number of carbonyl (C=O) groups excluding carboxylic acids is 1. The molecule has 164 valence electrons. The van der Waals surface area contributed by atoms with Gasteiger partial charge in [0.15, 0.2) is 5.16 Å². The van der Waals surface area contributed by atoms with Gasteiger partial charge in [0.1, 0.15) is 5.82 Å². The fourth-order valence-corrected chi connectivity index (χ4v) is 3.75. The van der Waals surface area contributed by atoms with E-state index >= 15 is 0 Å². The molecule has 0 spiro atoms. The van der Waals surface area contributed by atoms with Crippen LogP contribution in [0.5, 0.6) is 0 Å². The van der Waals surface area contributed by atoms with Gasteiger partial charge in [-0.1, -0.05) is 62.0 Å². The molecule has 0 aliphatic heterocycles. The van der Waals surface area contributed by atoms with E-state index in [1.807, 2.05) is 34.9 Å². The fraction of sp³-hybridized carbons (Fsp3) is 0.318. The lowest BCUT2D eigenvalue weighted by atomic mass is 10.1. The van der Waals surface area contributed by atoms with Crippen molar-refractivity contribution >= 4 is 23.4 Å². The summed E-state index contributed by atoms with van der Waals surface area (Å²) < 4.78 is 40.5. The Bertz CT molecular complexity index is 1020. The molecule has 0 saturated carbocycles. The van der Waals surface area contributed by atoms with Gasteiger partial charge < -0.3 is 9.88 Å². The van der Waals surface area contributed by atoms with Gasteiger partial charge in [0.2, 0.25) is 5.91 Å². The molecular formula is C22H23F3N4OS. The molecule has 0 aliphatic carbocycles. The van der Waals surface area contributed by atoms with Crippen molar-refractivity contribution in [1.29, 1.82) is 0 Å². The third-order valence-corrected chi connectivity index (χ3v) is 5.32. The Hall–Kier alpha value is -2.81. The van der Waals surface area contributed by atoms with E-state index in [4.69, 9.17) is 0 Å². The number of thioether (sulfide) groups is 1. The first kappa shape index (κ1) is 22.9. The van der Waals surface area contributed by atoms with Crippen molar-refractivity contribution in [1.82, 2.24) is 14.8 Å². The van der Waals surface area contributed by atoms with Gasteiger partial charge in [-0.15, -0.1) is 10.2 Å². The summed E-state index contributed by atoms with van der Waals surface area (Å²) in [7, 11) is 0. The van der Waals surface area contributed by atoms with E-state index in [9.17, 15) is 18.0 Å². The van der Waals surface area contributed by atoms with Crippen LogP contribution in [0, 0.1) is 5.92 Å². The van der Waals surface area contributed by atoms with Crippen LogP contribution in [0.4, 0.5) is 18.9 Å². The molecule has 0 saturated heterocycles. The lowest BCUT2D eigenvalue weighted by molar-refractivity contribution is -0.137. The molecule has 1 N–H and O–H groups in total. The van der Waals surface area contributed by atoms with Crippen LogP contribution < -0.4 is 5.32 Å². The first-order chi connectivity index (χ1) is 14.7. The molecule has 2 aromatic carbocycles. The molecule has 1 aromatic heterocycles. The molecule has 3 rings (SSSR count). The van der Waals surface area contributed by atoms with Crippen LogP contribution in [-0.4, -0.2) is 26.4 Å². The maximum Gasteiger partial charge on any atom is 0.416 e. The second-order valence-corrected chi connectivity index (χ2v) is 8.42. The topological polar surface area (TPSA) is 59.8 Å². The maximum atomic E-state index is 12.8. The van der Waals surface area contributed by atoms with Gasteiger partial charge in [-0.2, -0.15) is 13.2 Å². The van der Waals surface area contributed by atoms with Crippen LogP contribution >= 0.6 is 11.8 Å². The predicted molar refractivity (Wildman–Crippen MR) is 115 cm³/mol. The number of hydrogen-bond donors (Lipinski definition) is 1. The van der Waals surface area contributed by atoms with Crippen molar-refractivity contribution in [3.63, 3.8) is 0 Å². The summed E-state index contributed by atoms with van der Waals surface area (Å²) in [5, 5.41) is 11.7. The Morgan fingerprint density at radius 1 is 1.10 bits per heavy atom. The number of rotatable bonds is 8. The van der Waals surface area contributed by atoms with Crippen molar-refractivity contribution < 1.29 is 18.0 Å². The largest absolute Gasteiger partial charge is 0.416 e. The van der Waals surface area contributed by atoms with Crippen LogP contribution in [0.15, 0.2) is 59.8 Å². The Balaban J connectivity index is 1.67. The minimum absolute atomic E-state index is 0.0117. The smallest absolute Gasteiger partial charge is 0.325 e. The third kappa shape index (κ3) is 6.58. The molecule has 0 aliphatic rings. The van der Waals surface area contributed by atoms with E-state index in [1.54, 1.807) is 0 Å². The highest BCUT2D eigenvalue weighted by Gasteiger charge is 2.30. The average Bonchev–Trinajstić information content (AvgIpc) is 3.07. The molecule has 1 amide bonds. The number of aromatic nitrogens is 3. The third-order valence-electron chi connectivity index (χ3n) is 4.35. The minimum atomic E-state index is -4.46. The Kier molecular flexibility index (Phi) is 7.37. The monoisotopic (exact) mass is 448 g/mol. The van der Waals surface area contributed by atoms with Gasteiger partial charge in [0.05, 0.1) is 11.3 Å². The van der Waals surface area contributed by atoms with Crippen molar-refractivity contribution in [3.8, 4) is 0 Å². The highest BCUT2D eigenvalue weighted by molar-refractivity contribution is 7.99. The van der Waals surface area contributed by atoms with Gasteiger partial charge in [-0.3, -0.25) is 4.79 Å². The summed E-state index contributed by atoms with van der Waals surface area (Å²) in [6, 6.07) is 14.5. The predicted octanol–water partition coefficient (Wildman–Crippen LogP) is 5.27. The zero-order valence-electron chi connectivity index (χ0n) is 17.2. The van der Waals surface area contributed by atoms with Gasteiger partial charge in [0, 0.05) is 18.7 Å². The van der Waals surface area contributed by atoms with Crippen LogP contribution in [0.25, 0.3) is 0 Å². The zero-order chi connectivity index (χ0) is 22.4. The molecular weight excluding hydrogens is 425 g/mol. The summed E-state index contributed by atoms with van der Waals surface area (Å²) in [5.74, 6) is 0.759. The molecule has 5 nitrogen and oxygen atoms in total. The average molecular weight is 449 g/mol. The van der Waals surface area contributed by atoms with Crippen molar-refractivity contribution in [2.24, 2.45) is 5.92 Å². The van der Waals surface area contributed by atoms with E-state index in [1.165, 1.54) is 23.9 Å². The van der Waals surface area contributed by atoms with Crippen molar-refractivity contribution in [3.05, 3.63) is 71.5 Å². The van der Waals surface area contributed by atoms with Gasteiger partial charge in [0.25, 0.3) is 0 Å². The number of halogens is 3. The number of alkyl halides is 3. The molecule has 0 fully saturated rings. The van der Waals surface area contributed by atoms with Crippen LogP contribution in [0.2, 0.25) is 0 Å². The molecule has 9 heteroatoms. The molecule has 0 unspecified atom stereocenters. The Morgan fingerprint density at radius 3 is 2.52 bits per heavy atom. The lowest BCUT2D eigenvalue weighted by Gasteiger charge is -2.13. The normalized spacial score (nSPS) is 11.7. The van der Waals surface area contributed by atoms with Crippen molar-refractivity contribution in [2.75, 3.05) is 11.1 Å². The van der Waals surface area contributed by atoms with Gasteiger partial charge in [-0.25, -0.2) is 0 Å². The second kappa shape index (κ2) is 10.00. The maximum absolute atomic E-state index is 12.8. The Morgan fingerprint density at radius 2 is 1.84 bits per heavy atom. The summed E-state index contributed by atoms with van der Waals surface area (Å²) in [4.78, 5) is 12.3. The minimum Gasteiger partial charge on any atom is -0.325 e. The zero-order valence-corrected chi connectivity index (χ0v) is 18.0. The highest BCUT2D eigenvalue weighted by atomic mass is 32.2. The van der Waals surface area contributed by atoms with E-state index in [0.29, 0.717) is 24.0 Å². The summed E-state index contributed by atoms with van der Waals surface area (Å²) in [6.45, 7) is 4.87. The number of carbonyl (C=O) groups is 1. The SMILES string of the molecule is CC(C)Cn1c(Cc2ccccc2)nnc1SCC(=O)Nc1cccc(C(F)(F)F)c1. The van der Waals surface area contributed by atoms with Crippen molar-refractivity contribution in [2.45, 2.75) is 38.1 Å². The van der Waals surface area contributed by atoms with Crippen LogP contribution in [-0.2, 0) is 23.9 Å². The molecule has 0 atom stereocenters. The second-order valence-electron chi connectivity index (χ2n) is 7.48. The summed E-state index contributed by atoms with van der Waals surface area (Å²) in [5.41, 5.74) is 0.410. The van der Waals surface area contributed by atoms with E-state index in [2.05, 4.69) is 29.4 Å². The van der Waals surface area contributed by atoms with E-state index in [-0.39, 0.29) is 11.4 Å². The highest BCUT2D eigenvalue weighted by Crippen LogP contribution is 2.30. The van der Waals surface area contributed by atoms with Gasteiger partial charge >= 0.3 is 6.18 Å². The van der Waals surface area contributed by atoms with E-state index < -0.39 is 17.6 Å². The standard InChI is InChI=1S/C22H23F3N4OS/c1-15(2)13-29-19(11-16-7-4-3-5-8-16)27-28-21(29)31-14-20(30)26-18-10-6-9-17(12-18)22(23,24)25/h3-10,12,15H,11,13-14H2,1-2H3,(H,26,30). The summed E-state index contributed by atoms with van der Waals surface area (Å²) >= 11 is 1.21. The number of anilines is 1. The number of amides is 1. The fourth-order valence-electron chi connectivity index (χ4n) is 2.98. The number of benzene rings is 2. The summed E-state index contributed by atoms with van der Waals surface area (Å²) in [6.07, 6.45) is -3.84. The molecule has 31 heavy (non-hydrogen) atoms. The molecule has 0 radical (unpaired) electrons. The quantitative estimate of drug-likeness (QED) is 0.477. The number of nitrogens with zero attached hydrogens (tertiary/aromatic N) is 3. The number of nitrogens with one attached hydrogen (secondary N) is 1. The van der Waals surface area contributed by atoms with E-state index in [0.717, 1.165) is 23.5 Å². The molecule has 0 bridgehead atoms. The number of hydrogen-bond acceptors (Lipinski definition) is 4. The molecule has 3 aromatic rings.